The largest absolute Gasteiger partial charge is 0.243 e. The Morgan fingerprint density at radius 3 is 2.54 bits per heavy atom. The summed E-state index contributed by atoms with van der Waals surface area (Å²) in [7, 11) is -3.56. The van der Waals surface area contributed by atoms with Crippen LogP contribution in [0.1, 0.15) is 17.2 Å². The lowest BCUT2D eigenvalue weighted by molar-refractivity contribution is 0.426. The van der Waals surface area contributed by atoms with Gasteiger partial charge >= 0.3 is 0 Å². The minimum absolute atomic E-state index is 0.253. The van der Waals surface area contributed by atoms with Crippen molar-refractivity contribution in [3.63, 3.8) is 0 Å². The number of rotatable bonds is 3. The van der Waals surface area contributed by atoms with Gasteiger partial charge in [-0.25, -0.2) is 17.2 Å². The molecule has 0 bridgehead atoms. The zero-order chi connectivity index (χ0) is 17.2. The third-order valence-corrected chi connectivity index (χ3v) is 7.21. The number of hydrogen-bond acceptors (Lipinski definition) is 3. The third kappa shape index (κ3) is 3.63. The summed E-state index contributed by atoms with van der Waals surface area (Å²) in [6.45, 7) is 0.639. The van der Waals surface area contributed by atoms with Gasteiger partial charge in [0.05, 0.1) is 4.90 Å². The van der Waals surface area contributed by atoms with E-state index < -0.39 is 21.7 Å². The normalized spacial score (nSPS) is 19.8. The van der Waals surface area contributed by atoms with Crippen LogP contribution < -0.4 is 0 Å². The molecule has 0 spiro atoms. The molecule has 0 saturated carbocycles. The van der Waals surface area contributed by atoms with Crippen molar-refractivity contribution < 1.29 is 17.2 Å². The molecule has 1 unspecified atom stereocenters. The van der Waals surface area contributed by atoms with Crippen molar-refractivity contribution in [2.24, 2.45) is 0 Å². The molecule has 1 aliphatic heterocycles. The molecule has 1 fully saturated rings. The van der Waals surface area contributed by atoms with E-state index in [-0.39, 0.29) is 16.7 Å². The minimum atomic E-state index is -3.56. The highest BCUT2D eigenvalue weighted by atomic mass is 32.2. The second-order valence-corrected chi connectivity index (χ2v) is 8.78. The lowest BCUT2D eigenvalue weighted by Crippen LogP contribution is -2.33. The van der Waals surface area contributed by atoms with Crippen LogP contribution in [0.2, 0.25) is 0 Å². The molecule has 0 amide bonds. The number of thioether (sulfide) groups is 1. The number of nitrogens with zero attached hydrogens (tertiary/aromatic N) is 1. The van der Waals surface area contributed by atoms with E-state index in [9.17, 15) is 17.2 Å². The highest BCUT2D eigenvalue weighted by Gasteiger charge is 2.29. The van der Waals surface area contributed by atoms with Crippen LogP contribution in [0, 0.1) is 11.6 Å². The second-order valence-electron chi connectivity index (χ2n) is 5.53. The highest BCUT2D eigenvalue weighted by Crippen LogP contribution is 2.37. The summed E-state index contributed by atoms with van der Waals surface area (Å²) in [5, 5.41) is -0.253. The van der Waals surface area contributed by atoms with Gasteiger partial charge in [0.25, 0.3) is 0 Å². The first kappa shape index (κ1) is 17.4. The van der Waals surface area contributed by atoms with Crippen molar-refractivity contribution in [2.75, 3.05) is 18.8 Å². The Morgan fingerprint density at radius 2 is 1.79 bits per heavy atom. The number of sulfonamides is 1. The second kappa shape index (κ2) is 7.21. The van der Waals surface area contributed by atoms with E-state index in [1.807, 2.05) is 0 Å². The van der Waals surface area contributed by atoms with Crippen LogP contribution >= 0.6 is 11.8 Å². The lowest BCUT2D eigenvalue weighted by Gasteiger charge is -2.20. The number of hydrogen-bond donors (Lipinski definition) is 0. The van der Waals surface area contributed by atoms with Crippen LogP contribution in [0.15, 0.2) is 53.4 Å². The van der Waals surface area contributed by atoms with Gasteiger partial charge in [-0.3, -0.25) is 0 Å². The molecule has 0 radical (unpaired) electrons. The Hall–Kier alpha value is -1.44. The first-order valence-electron chi connectivity index (χ1n) is 7.60. The smallest absolute Gasteiger partial charge is 0.207 e. The van der Waals surface area contributed by atoms with Crippen LogP contribution in [-0.2, 0) is 10.0 Å². The fraction of sp³-hybridized carbons (Fsp3) is 0.294. The number of benzene rings is 2. The summed E-state index contributed by atoms with van der Waals surface area (Å²) in [4.78, 5) is 0.255. The van der Waals surface area contributed by atoms with E-state index in [1.54, 1.807) is 30.3 Å². The van der Waals surface area contributed by atoms with Gasteiger partial charge in [0.2, 0.25) is 10.0 Å². The predicted octanol–water partition coefficient (Wildman–Crippen LogP) is 3.83. The molecule has 3 rings (SSSR count). The van der Waals surface area contributed by atoms with Crippen molar-refractivity contribution >= 4 is 21.8 Å². The maximum atomic E-state index is 14.0. The summed E-state index contributed by atoms with van der Waals surface area (Å²) in [5.74, 6) is -0.398. The molecule has 1 aliphatic rings. The maximum absolute atomic E-state index is 14.0. The molecule has 0 N–H and O–H groups in total. The summed E-state index contributed by atoms with van der Waals surface area (Å²) in [5.41, 5.74) is 0.305. The molecule has 1 atom stereocenters. The first-order chi connectivity index (χ1) is 11.5. The molecule has 3 nitrogen and oxygen atoms in total. The monoisotopic (exact) mass is 369 g/mol. The van der Waals surface area contributed by atoms with E-state index in [4.69, 9.17) is 0 Å². The van der Waals surface area contributed by atoms with Crippen LogP contribution in [0.4, 0.5) is 8.78 Å². The first-order valence-corrected chi connectivity index (χ1v) is 10.1. The molecule has 1 heterocycles. The van der Waals surface area contributed by atoms with Crippen molar-refractivity contribution in [3.05, 3.63) is 65.7 Å². The van der Waals surface area contributed by atoms with Crippen LogP contribution in [0.5, 0.6) is 0 Å². The number of halogens is 2. The van der Waals surface area contributed by atoms with Crippen molar-refractivity contribution in [3.8, 4) is 0 Å². The van der Waals surface area contributed by atoms with E-state index >= 15 is 0 Å². The van der Waals surface area contributed by atoms with Gasteiger partial charge in [0, 0.05) is 29.7 Å². The zero-order valence-electron chi connectivity index (χ0n) is 12.9. The topological polar surface area (TPSA) is 37.4 Å². The standard InChI is InChI=1S/C17H17F2NO2S2/c18-13-6-7-16(19)15(12-13)17-8-9-20(10-11-23-17)24(21,22)14-4-2-1-3-5-14/h1-7,12,17H,8-11H2. The summed E-state index contributed by atoms with van der Waals surface area (Å²) < 4.78 is 54.2. The van der Waals surface area contributed by atoms with Crippen molar-refractivity contribution in [2.45, 2.75) is 16.6 Å². The lowest BCUT2D eigenvalue weighted by atomic mass is 10.1. The van der Waals surface area contributed by atoms with Crippen LogP contribution in [-0.4, -0.2) is 31.6 Å². The fourth-order valence-corrected chi connectivity index (χ4v) is 5.58. The van der Waals surface area contributed by atoms with Gasteiger partial charge in [-0.05, 0) is 36.8 Å². The van der Waals surface area contributed by atoms with E-state index in [0.717, 1.165) is 12.1 Å². The van der Waals surface area contributed by atoms with Crippen LogP contribution in [0.3, 0.4) is 0 Å². The fourth-order valence-electron chi connectivity index (χ4n) is 2.74. The van der Waals surface area contributed by atoms with Crippen molar-refractivity contribution in [1.82, 2.24) is 4.31 Å². The van der Waals surface area contributed by atoms with Gasteiger partial charge in [-0.15, -0.1) is 0 Å². The van der Waals surface area contributed by atoms with E-state index in [2.05, 4.69) is 0 Å². The average molecular weight is 369 g/mol. The Bertz CT molecular complexity index is 813. The maximum Gasteiger partial charge on any atom is 0.243 e. The molecule has 2 aromatic rings. The summed E-state index contributed by atoms with van der Waals surface area (Å²) in [6, 6.07) is 11.7. The van der Waals surface area contributed by atoms with Gasteiger partial charge < -0.3 is 0 Å². The van der Waals surface area contributed by atoms with E-state index in [0.29, 0.717) is 24.3 Å². The van der Waals surface area contributed by atoms with Crippen molar-refractivity contribution in [1.29, 1.82) is 0 Å². The SMILES string of the molecule is O=S(=O)(c1ccccc1)N1CCSC(c2cc(F)ccc2F)CC1. The molecular weight excluding hydrogens is 352 g/mol. The quantitative estimate of drug-likeness (QED) is 0.825. The predicted molar refractivity (Wildman–Crippen MR) is 91.4 cm³/mol. The van der Waals surface area contributed by atoms with Crippen LogP contribution in [0.25, 0.3) is 0 Å². The molecule has 128 valence electrons. The molecular formula is C17H17F2NO2S2. The zero-order valence-corrected chi connectivity index (χ0v) is 14.5. The highest BCUT2D eigenvalue weighted by molar-refractivity contribution is 7.99. The van der Waals surface area contributed by atoms with Gasteiger partial charge in [-0.2, -0.15) is 16.1 Å². The Labute approximate surface area is 144 Å². The molecule has 24 heavy (non-hydrogen) atoms. The third-order valence-electron chi connectivity index (χ3n) is 3.99. The van der Waals surface area contributed by atoms with Gasteiger partial charge in [0.1, 0.15) is 11.6 Å². The molecule has 0 aliphatic carbocycles. The summed E-state index contributed by atoms with van der Waals surface area (Å²) >= 11 is 1.46. The van der Waals surface area contributed by atoms with E-state index in [1.165, 1.54) is 22.1 Å². The molecule has 2 aromatic carbocycles. The van der Waals surface area contributed by atoms with Gasteiger partial charge in [-0.1, -0.05) is 18.2 Å². The Balaban J connectivity index is 1.79. The summed E-state index contributed by atoms with van der Waals surface area (Å²) in [6.07, 6.45) is 0.442. The molecule has 0 aromatic heterocycles. The average Bonchev–Trinajstić information content (AvgIpc) is 2.84. The minimum Gasteiger partial charge on any atom is -0.207 e. The Morgan fingerprint density at radius 1 is 1.04 bits per heavy atom. The molecule has 1 saturated heterocycles. The van der Waals surface area contributed by atoms with Gasteiger partial charge in [0.15, 0.2) is 0 Å². The molecule has 7 heteroatoms. The Kier molecular flexibility index (Phi) is 5.22.